The van der Waals surface area contributed by atoms with E-state index in [-0.39, 0.29) is 12.1 Å². The minimum Gasteiger partial charge on any atom is -0.460 e. The molecule has 0 unspecified atom stereocenters. The molecule has 15 heavy (non-hydrogen) atoms. The lowest BCUT2D eigenvalue weighted by molar-refractivity contribution is -0.141. The Kier molecular flexibility index (Phi) is 4.46. The highest BCUT2D eigenvalue weighted by Gasteiger charge is 2.12. The van der Waals surface area contributed by atoms with Crippen molar-refractivity contribution in [2.75, 3.05) is 13.1 Å². The van der Waals surface area contributed by atoms with Crippen molar-refractivity contribution >= 4 is 5.97 Å². The van der Waals surface area contributed by atoms with Crippen LogP contribution < -0.4 is 5.73 Å². The van der Waals surface area contributed by atoms with E-state index < -0.39 is 0 Å². The topological polar surface area (TPSA) is 55.6 Å². The van der Waals surface area contributed by atoms with Gasteiger partial charge in [0.1, 0.15) is 5.82 Å². The van der Waals surface area contributed by atoms with E-state index in [2.05, 4.69) is 0 Å². The van der Waals surface area contributed by atoms with E-state index in [0.29, 0.717) is 5.82 Å². The van der Waals surface area contributed by atoms with Gasteiger partial charge in [-0.05, 0) is 33.1 Å². The molecule has 1 heterocycles. The summed E-state index contributed by atoms with van der Waals surface area (Å²) in [7, 11) is 0. The summed E-state index contributed by atoms with van der Waals surface area (Å²) in [6.07, 6.45) is 4.83. The minimum absolute atomic E-state index is 0.0945. The molecule has 0 atom stereocenters. The van der Waals surface area contributed by atoms with E-state index in [9.17, 15) is 4.79 Å². The molecule has 0 aromatic carbocycles. The van der Waals surface area contributed by atoms with Gasteiger partial charge in [0.2, 0.25) is 0 Å². The Hall–Kier alpha value is -1.19. The highest BCUT2D eigenvalue weighted by molar-refractivity contribution is 5.82. The van der Waals surface area contributed by atoms with Crippen LogP contribution in [0, 0.1) is 0 Å². The van der Waals surface area contributed by atoms with Crippen molar-refractivity contribution in [2.45, 2.75) is 39.2 Å². The molecule has 0 aliphatic carbocycles. The fourth-order valence-electron chi connectivity index (χ4n) is 1.63. The third-order valence-corrected chi connectivity index (χ3v) is 2.34. The highest BCUT2D eigenvalue weighted by atomic mass is 16.5. The van der Waals surface area contributed by atoms with E-state index in [4.69, 9.17) is 10.5 Å². The Morgan fingerprint density at radius 1 is 1.33 bits per heavy atom. The summed E-state index contributed by atoms with van der Waals surface area (Å²) >= 11 is 0. The standard InChI is InChI=1S/C11H20N2O2/c1-9(2)15-11(14)8-10(12)13-6-4-3-5-7-13/h8-9H,3-7,12H2,1-2H3. The molecule has 0 bridgehead atoms. The maximum absolute atomic E-state index is 11.3. The zero-order chi connectivity index (χ0) is 11.3. The number of carbonyl (C=O) groups excluding carboxylic acids is 1. The molecule has 1 aliphatic rings. The molecular weight excluding hydrogens is 192 g/mol. The van der Waals surface area contributed by atoms with Crippen molar-refractivity contribution < 1.29 is 9.53 Å². The number of nitrogens with two attached hydrogens (primary N) is 1. The average Bonchev–Trinajstić information content (AvgIpc) is 2.17. The maximum atomic E-state index is 11.3. The smallest absolute Gasteiger partial charge is 0.334 e. The Balaban J connectivity index is 2.46. The summed E-state index contributed by atoms with van der Waals surface area (Å²) in [4.78, 5) is 13.3. The van der Waals surface area contributed by atoms with Gasteiger partial charge in [-0.3, -0.25) is 0 Å². The maximum Gasteiger partial charge on any atom is 0.334 e. The van der Waals surface area contributed by atoms with Crippen LogP contribution in [0.2, 0.25) is 0 Å². The number of ether oxygens (including phenoxy) is 1. The Labute approximate surface area is 91.1 Å². The number of piperidine rings is 1. The molecule has 0 saturated carbocycles. The lowest BCUT2D eigenvalue weighted by Crippen LogP contribution is -2.33. The Bertz CT molecular complexity index is 243. The second-order valence-corrected chi connectivity index (χ2v) is 4.10. The van der Waals surface area contributed by atoms with Gasteiger partial charge in [-0.25, -0.2) is 4.79 Å². The fraction of sp³-hybridized carbons (Fsp3) is 0.727. The summed E-state index contributed by atoms with van der Waals surface area (Å²) in [5.74, 6) is 0.174. The van der Waals surface area contributed by atoms with Crippen molar-refractivity contribution in [1.82, 2.24) is 4.90 Å². The fourth-order valence-corrected chi connectivity index (χ4v) is 1.63. The molecule has 0 radical (unpaired) electrons. The molecule has 4 nitrogen and oxygen atoms in total. The van der Waals surface area contributed by atoms with Gasteiger partial charge >= 0.3 is 5.97 Å². The molecular formula is C11H20N2O2. The van der Waals surface area contributed by atoms with E-state index in [1.807, 2.05) is 18.7 Å². The molecule has 1 aliphatic heterocycles. The van der Waals surface area contributed by atoms with Crippen LogP contribution >= 0.6 is 0 Å². The van der Waals surface area contributed by atoms with Crippen LogP contribution in [0.5, 0.6) is 0 Å². The van der Waals surface area contributed by atoms with Gasteiger partial charge in [-0.2, -0.15) is 0 Å². The third kappa shape index (κ3) is 4.23. The Morgan fingerprint density at radius 2 is 1.93 bits per heavy atom. The van der Waals surface area contributed by atoms with Gasteiger partial charge < -0.3 is 15.4 Å². The normalized spacial score (nSPS) is 18.1. The van der Waals surface area contributed by atoms with Crippen LogP contribution in [0.4, 0.5) is 0 Å². The second-order valence-electron chi connectivity index (χ2n) is 4.10. The first-order chi connectivity index (χ1) is 7.09. The van der Waals surface area contributed by atoms with Crippen molar-refractivity contribution in [3.05, 3.63) is 11.9 Å². The van der Waals surface area contributed by atoms with Gasteiger partial charge in [-0.1, -0.05) is 0 Å². The van der Waals surface area contributed by atoms with E-state index in [0.717, 1.165) is 25.9 Å². The van der Waals surface area contributed by atoms with Crippen molar-refractivity contribution in [1.29, 1.82) is 0 Å². The first kappa shape index (κ1) is 11.9. The second kappa shape index (κ2) is 5.63. The van der Waals surface area contributed by atoms with Gasteiger partial charge in [0.25, 0.3) is 0 Å². The van der Waals surface area contributed by atoms with Crippen molar-refractivity contribution in [3.63, 3.8) is 0 Å². The molecule has 0 aromatic rings. The number of hydrogen-bond acceptors (Lipinski definition) is 4. The molecule has 0 spiro atoms. The number of carbonyl (C=O) groups is 1. The lowest BCUT2D eigenvalue weighted by Gasteiger charge is -2.28. The zero-order valence-electron chi connectivity index (χ0n) is 9.53. The predicted octanol–water partition coefficient (Wildman–Crippen LogP) is 1.22. The predicted molar refractivity (Wildman–Crippen MR) is 58.9 cm³/mol. The van der Waals surface area contributed by atoms with Crippen LogP contribution in [-0.4, -0.2) is 30.1 Å². The number of likely N-dealkylation sites (tertiary alicyclic amines) is 1. The lowest BCUT2D eigenvalue weighted by atomic mass is 10.1. The summed E-state index contributed by atoms with van der Waals surface area (Å²) in [6, 6.07) is 0. The van der Waals surface area contributed by atoms with Crippen LogP contribution in [0.1, 0.15) is 33.1 Å². The summed E-state index contributed by atoms with van der Waals surface area (Å²) < 4.78 is 4.99. The van der Waals surface area contributed by atoms with E-state index in [1.54, 1.807) is 0 Å². The van der Waals surface area contributed by atoms with E-state index >= 15 is 0 Å². The number of rotatable bonds is 3. The zero-order valence-corrected chi connectivity index (χ0v) is 9.53. The van der Waals surface area contributed by atoms with Crippen LogP contribution in [0.15, 0.2) is 11.9 Å². The van der Waals surface area contributed by atoms with Crippen molar-refractivity contribution in [3.8, 4) is 0 Å². The summed E-state index contributed by atoms with van der Waals surface area (Å²) in [5.41, 5.74) is 5.81. The molecule has 0 amide bonds. The van der Waals surface area contributed by atoms with E-state index in [1.165, 1.54) is 12.5 Å². The van der Waals surface area contributed by atoms with Crippen LogP contribution in [-0.2, 0) is 9.53 Å². The SMILES string of the molecule is CC(C)OC(=O)C=C(N)N1CCCCC1. The van der Waals surface area contributed by atoms with Gasteiger partial charge in [-0.15, -0.1) is 0 Å². The molecule has 0 aromatic heterocycles. The van der Waals surface area contributed by atoms with Crippen molar-refractivity contribution in [2.24, 2.45) is 5.73 Å². The number of esters is 1. The number of nitrogens with zero attached hydrogens (tertiary/aromatic N) is 1. The average molecular weight is 212 g/mol. The molecule has 86 valence electrons. The van der Waals surface area contributed by atoms with Crippen LogP contribution in [0.3, 0.4) is 0 Å². The first-order valence-corrected chi connectivity index (χ1v) is 5.52. The summed E-state index contributed by atoms with van der Waals surface area (Å²) in [5, 5.41) is 0. The third-order valence-electron chi connectivity index (χ3n) is 2.34. The summed E-state index contributed by atoms with van der Waals surface area (Å²) in [6.45, 7) is 5.53. The molecule has 1 rings (SSSR count). The first-order valence-electron chi connectivity index (χ1n) is 5.52. The minimum atomic E-state index is -0.354. The molecule has 1 fully saturated rings. The largest absolute Gasteiger partial charge is 0.460 e. The molecule has 1 saturated heterocycles. The molecule has 2 N–H and O–H groups in total. The van der Waals surface area contributed by atoms with Gasteiger partial charge in [0, 0.05) is 13.1 Å². The molecule has 4 heteroatoms. The van der Waals surface area contributed by atoms with Gasteiger partial charge in [0.05, 0.1) is 12.2 Å². The highest BCUT2D eigenvalue weighted by Crippen LogP contribution is 2.11. The monoisotopic (exact) mass is 212 g/mol. The number of hydrogen-bond donors (Lipinski definition) is 1. The Morgan fingerprint density at radius 3 is 2.47 bits per heavy atom. The quantitative estimate of drug-likeness (QED) is 0.564. The van der Waals surface area contributed by atoms with Gasteiger partial charge in [0.15, 0.2) is 0 Å². The van der Waals surface area contributed by atoms with Crippen LogP contribution in [0.25, 0.3) is 0 Å².